The number of hydrogen-bond donors (Lipinski definition) is 1. The van der Waals surface area contributed by atoms with Crippen LogP contribution in [-0.2, 0) is 4.74 Å². The zero-order valence-electron chi connectivity index (χ0n) is 8.74. The molecule has 0 aromatic carbocycles. The number of amides is 1. The molecule has 4 nitrogen and oxygen atoms in total. The number of rotatable bonds is 3. The van der Waals surface area contributed by atoms with Gasteiger partial charge in [0.2, 0.25) is 0 Å². The van der Waals surface area contributed by atoms with Crippen molar-refractivity contribution in [1.29, 1.82) is 0 Å². The molecular weight excluding hydrogens is 182 g/mol. The maximum atomic E-state index is 11.5. The first kappa shape index (κ1) is 11.3. The maximum Gasteiger partial charge on any atom is 0.410 e. The summed E-state index contributed by atoms with van der Waals surface area (Å²) in [6, 6.07) is 0.329. The molecule has 0 aromatic heterocycles. The number of carbonyl (C=O) groups is 1. The average molecular weight is 201 g/mol. The molecule has 0 saturated carbocycles. The third-order valence-corrected chi connectivity index (χ3v) is 2.65. The van der Waals surface area contributed by atoms with Crippen molar-refractivity contribution in [3.63, 3.8) is 0 Å². The van der Waals surface area contributed by atoms with Crippen molar-refractivity contribution >= 4 is 6.09 Å². The number of nitrogens with zero attached hydrogens (tertiary/aromatic N) is 1. The molecular formula is C10H19NO3. The molecule has 0 bridgehead atoms. The average Bonchev–Trinajstić information content (AvgIpc) is 2.25. The van der Waals surface area contributed by atoms with E-state index < -0.39 is 0 Å². The summed E-state index contributed by atoms with van der Waals surface area (Å²) in [5.74, 6) is 0. The monoisotopic (exact) mass is 201 g/mol. The number of piperidine rings is 1. The lowest BCUT2D eigenvalue weighted by Crippen LogP contribution is -2.43. The lowest BCUT2D eigenvalue weighted by Gasteiger charge is -2.34. The molecule has 1 rings (SSSR count). The van der Waals surface area contributed by atoms with Gasteiger partial charge in [-0.05, 0) is 25.7 Å². The van der Waals surface area contributed by atoms with E-state index in [1.54, 1.807) is 4.90 Å². The first-order valence-corrected chi connectivity index (χ1v) is 5.33. The summed E-state index contributed by atoms with van der Waals surface area (Å²) in [5.41, 5.74) is 0. The molecule has 82 valence electrons. The van der Waals surface area contributed by atoms with Crippen molar-refractivity contribution < 1.29 is 14.6 Å². The van der Waals surface area contributed by atoms with Crippen LogP contribution in [0.25, 0.3) is 0 Å². The van der Waals surface area contributed by atoms with Gasteiger partial charge >= 0.3 is 6.09 Å². The minimum absolute atomic E-state index is 0.101. The van der Waals surface area contributed by atoms with E-state index in [4.69, 9.17) is 9.84 Å². The van der Waals surface area contributed by atoms with Crippen molar-refractivity contribution in [2.45, 2.75) is 38.6 Å². The molecule has 1 N–H and O–H groups in total. The summed E-state index contributed by atoms with van der Waals surface area (Å²) < 4.78 is 4.90. The van der Waals surface area contributed by atoms with Gasteiger partial charge in [0.05, 0.1) is 6.61 Å². The summed E-state index contributed by atoms with van der Waals surface area (Å²) in [4.78, 5) is 13.3. The predicted octanol–water partition coefficient (Wildman–Crippen LogP) is 1.38. The van der Waals surface area contributed by atoms with Crippen molar-refractivity contribution in [2.75, 3.05) is 19.8 Å². The predicted molar refractivity (Wildman–Crippen MR) is 53.1 cm³/mol. The standard InChI is InChI=1S/C10H19NO3/c1-2-9-5-3-4-6-11(9)10(13)14-8-7-12/h9,12H,2-8H2,1H3. The maximum absolute atomic E-state index is 11.5. The van der Waals surface area contributed by atoms with Crippen LogP contribution in [0.15, 0.2) is 0 Å². The van der Waals surface area contributed by atoms with Crippen LogP contribution in [0.5, 0.6) is 0 Å². The second kappa shape index (κ2) is 5.86. The van der Waals surface area contributed by atoms with E-state index >= 15 is 0 Å². The summed E-state index contributed by atoms with van der Waals surface area (Å²) in [5, 5.41) is 8.54. The first-order valence-electron chi connectivity index (χ1n) is 5.33. The summed E-state index contributed by atoms with van der Waals surface area (Å²) in [6.07, 6.45) is 4.04. The zero-order valence-corrected chi connectivity index (χ0v) is 8.74. The molecule has 1 aliphatic rings. The summed E-state index contributed by atoms with van der Waals surface area (Å²) >= 11 is 0. The normalized spacial score (nSPS) is 22.1. The Kier molecular flexibility index (Phi) is 4.73. The summed E-state index contributed by atoms with van der Waals surface area (Å²) in [7, 11) is 0. The first-order chi connectivity index (χ1) is 6.79. The van der Waals surface area contributed by atoms with Crippen LogP contribution in [-0.4, -0.2) is 41.9 Å². The Hall–Kier alpha value is -0.770. The SMILES string of the molecule is CCC1CCCCN1C(=O)OCCO. The van der Waals surface area contributed by atoms with E-state index in [0.29, 0.717) is 6.04 Å². The molecule has 0 aliphatic carbocycles. The van der Waals surface area contributed by atoms with Gasteiger partial charge in [-0.25, -0.2) is 4.79 Å². The van der Waals surface area contributed by atoms with Crippen molar-refractivity contribution in [2.24, 2.45) is 0 Å². The largest absolute Gasteiger partial charge is 0.447 e. The van der Waals surface area contributed by atoms with E-state index in [1.165, 1.54) is 6.42 Å². The van der Waals surface area contributed by atoms with Gasteiger partial charge in [0.15, 0.2) is 0 Å². The highest BCUT2D eigenvalue weighted by molar-refractivity contribution is 5.68. The molecule has 1 saturated heterocycles. The Morgan fingerprint density at radius 3 is 3.00 bits per heavy atom. The molecule has 1 fully saturated rings. The fourth-order valence-electron chi connectivity index (χ4n) is 1.88. The van der Waals surface area contributed by atoms with Gasteiger partial charge in [0.1, 0.15) is 6.61 Å². The Morgan fingerprint density at radius 1 is 1.57 bits per heavy atom. The number of hydrogen-bond acceptors (Lipinski definition) is 3. The fourth-order valence-corrected chi connectivity index (χ4v) is 1.88. The van der Waals surface area contributed by atoms with Gasteiger partial charge in [-0.3, -0.25) is 0 Å². The van der Waals surface area contributed by atoms with E-state index in [1.807, 2.05) is 0 Å². The van der Waals surface area contributed by atoms with Gasteiger partial charge in [0, 0.05) is 12.6 Å². The minimum atomic E-state index is -0.273. The van der Waals surface area contributed by atoms with Gasteiger partial charge in [-0.1, -0.05) is 6.92 Å². The fraction of sp³-hybridized carbons (Fsp3) is 0.900. The minimum Gasteiger partial charge on any atom is -0.447 e. The number of likely N-dealkylation sites (tertiary alicyclic amines) is 1. The Bertz CT molecular complexity index is 184. The number of aliphatic hydroxyl groups excluding tert-OH is 1. The van der Waals surface area contributed by atoms with Crippen LogP contribution in [0.3, 0.4) is 0 Å². The van der Waals surface area contributed by atoms with Gasteiger partial charge in [0.25, 0.3) is 0 Å². The Morgan fingerprint density at radius 2 is 2.36 bits per heavy atom. The van der Waals surface area contributed by atoms with E-state index in [0.717, 1.165) is 25.8 Å². The Labute approximate surface area is 84.8 Å². The molecule has 1 unspecified atom stereocenters. The lowest BCUT2D eigenvalue weighted by atomic mass is 10.0. The molecule has 4 heteroatoms. The number of aliphatic hydroxyl groups is 1. The molecule has 1 aliphatic heterocycles. The Balaban J connectivity index is 2.41. The van der Waals surface area contributed by atoms with E-state index in [2.05, 4.69) is 6.92 Å². The lowest BCUT2D eigenvalue weighted by molar-refractivity contribution is 0.0598. The van der Waals surface area contributed by atoms with Gasteiger partial charge in [-0.2, -0.15) is 0 Å². The highest BCUT2D eigenvalue weighted by atomic mass is 16.6. The van der Waals surface area contributed by atoms with Crippen LogP contribution in [0, 0.1) is 0 Å². The van der Waals surface area contributed by atoms with Crippen molar-refractivity contribution in [3.8, 4) is 0 Å². The van der Waals surface area contributed by atoms with Crippen molar-refractivity contribution in [3.05, 3.63) is 0 Å². The van der Waals surface area contributed by atoms with Crippen LogP contribution in [0.4, 0.5) is 4.79 Å². The van der Waals surface area contributed by atoms with Gasteiger partial charge in [-0.15, -0.1) is 0 Å². The topological polar surface area (TPSA) is 49.8 Å². The van der Waals surface area contributed by atoms with Crippen molar-refractivity contribution in [1.82, 2.24) is 4.90 Å². The van der Waals surface area contributed by atoms with Gasteiger partial charge < -0.3 is 14.7 Å². The second-order valence-electron chi connectivity index (χ2n) is 3.59. The van der Waals surface area contributed by atoms with Crippen LogP contribution in [0.2, 0.25) is 0 Å². The quantitative estimate of drug-likeness (QED) is 0.750. The smallest absolute Gasteiger partial charge is 0.410 e. The molecule has 0 aromatic rings. The number of ether oxygens (including phenoxy) is 1. The highest BCUT2D eigenvalue weighted by Gasteiger charge is 2.25. The van der Waals surface area contributed by atoms with Crippen LogP contribution in [0.1, 0.15) is 32.6 Å². The molecule has 1 amide bonds. The molecule has 0 spiro atoms. The number of carbonyl (C=O) groups excluding carboxylic acids is 1. The summed E-state index contributed by atoms with van der Waals surface area (Å²) in [6.45, 7) is 2.88. The van der Waals surface area contributed by atoms with Crippen LogP contribution >= 0.6 is 0 Å². The molecule has 1 heterocycles. The second-order valence-corrected chi connectivity index (χ2v) is 3.59. The van der Waals surface area contributed by atoms with Crippen LogP contribution < -0.4 is 0 Å². The molecule has 0 radical (unpaired) electrons. The highest BCUT2D eigenvalue weighted by Crippen LogP contribution is 2.19. The van der Waals surface area contributed by atoms with E-state index in [-0.39, 0.29) is 19.3 Å². The zero-order chi connectivity index (χ0) is 10.4. The molecule has 14 heavy (non-hydrogen) atoms. The van der Waals surface area contributed by atoms with E-state index in [9.17, 15) is 4.79 Å². The third-order valence-electron chi connectivity index (χ3n) is 2.65. The molecule has 1 atom stereocenters. The third kappa shape index (κ3) is 2.87.